The molecular weight excluding hydrogens is 230 g/mol. The summed E-state index contributed by atoms with van der Waals surface area (Å²) in [5.74, 6) is 0. The fourth-order valence-corrected chi connectivity index (χ4v) is 2.93. The summed E-state index contributed by atoms with van der Waals surface area (Å²) in [5.41, 5.74) is 0.107. The maximum Gasteiger partial charge on any atom is 0.0615 e. The zero-order chi connectivity index (χ0) is 13.4. The molecular formula is C14H29NO3. The first kappa shape index (κ1) is 15.9. The Morgan fingerprint density at radius 3 is 2.39 bits per heavy atom. The fraction of sp³-hybridized carbons (Fsp3) is 1.00. The van der Waals surface area contributed by atoms with Gasteiger partial charge in [0.25, 0.3) is 0 Å². The summed E-state index contributed by atoms with van der Waals surface area (Å²) in [6, 6.07) is 0.370. The van der Waals surface area contributed by atoms with Gasteiger partial charge in [0.2, 0.25) is 0 Å². The Hall–Kier alpha value is -0.160. The Morgan fingerprint density at radius 2 is 1.89 bits per heavy atom. The lowest BCUT2D eigenvalue weighted by Crippen LogP contribution is -2.46. The lowest BCUT2D eigenvalue weighted by atomic mass is 9.86. The van der Waals surface area contributed by atoms with Crippen molar-refractivity contribution in [1.29, 1.82) is 0 Å². The van der Waals surface area contributed by atoms with Crippen LogP contribution in [-0.2, 0) is 9.47 Å². The van der Waals surface area contributed by atoms with E-state index in [9.17, 15) is 5.11 Å². The third kappa shape index (κ3) is 4.50. The molecule has 1 aliphatic carbocycles. The lowest BCUT2D eigenvalue weighted by Gasteiger charge is -2.37. The van der Waals surface area contributed by atoms with Crippen molar-refractivity contribution in [2.45, 2.75) is 38.6 Å². The van der Waals surface area contributed by atoms with E-state index in [1.54, 1.807) is 14.2 Å². The van der Waals surface area contributed by atoms with E-state index < -0.39 is 0 Å². The Kier molecular flexibility index (Phi) is 7.15. The number of nitrogens with zero attached hydrogens (tertiary/aromatic N) is 1. The summed E-state index contributed by atoms with van der Waals surface area (Å²) >= 11 is 0. The van der Waals surface area contributed by atoms with Crippen LogP contribution in [0.3, 0.4) is 0 Å². The molecule has 0 aromatic rings. The van der Waals surface area contributed by atoms with Crippen LogP contribution in [0.15, 0.2) is 0 Å². The van der Waals surface area contributed by atoms with E-state index in [1.165, 1.54) is 12.8 Å². The SMILES string of the molecule is COCCN(CC1(CO)CCCC1)C(C)COC. The normalized spacial score (nSPS) is 20.5. The first-order chi connectivity index (χ1) is 8.67. The standard InChI is InChI=1S/C14H29NO3/c1-13(10-18-3)15(8-9-17-2)11-14(12-16)6-4-5-7-14/h13,16H,4-12H2,1-3H3. The largest absolute Gasteiger partial charge is 0.396 e. The molecule has 108 valence electrons. The predicted octanol–water partition coefficient (Wildman–Crippen LogP) is 1.52. The highest BCUT2D eigenvalue weighted by atomic mass is 16.5. The summed E-state index contributed by atoms with van der Waals surface area (Å²) in [6.07, 6.45) is 4.79. The smallest absolute Gasteiger partial charge is 0.0615 e. The summed E-state index contributed by atoms with van der Waals surface area (Å²) in [6.45, 7) is 5.80. The first-order valence-electron chi connectivity index (χ1n) is 7.00. The minimum absolute atomic E-state index is 0.107. The Balaban J connectivity index is 2.57. The van der Waals surface area contributed by atoms with Crippen molar-refractivity contribution in [3.8, 4) is 0 Å². The quantitative estimate of drug-likeness (QED) is 0.682. The van der Waals surface area contributed by atoms with Gasteiger partial charge in [0.05, 0.1) is 13.2 Å². The number of aliphatic hydroxyl groups is 1. The second-order valence-electron chi connectivity index (χ2n) is 5.63. The van der Waals surface area contributed by atoms with Gasteiger partial charge in [-0.3, -0.25) is 4.90 Å². The molecule has 1 atom stereocenters. The highest BCUT2D eigenvalue weighted by Gasteiger charge is 2.35. The number of methoxy groups -OCH3 is 2. The Morgan fingerprint density at radius 1 is 1.22 bits per heavy atom. The Bertz CT molecular complexity index is 217. The van der Waals surface area contributed by atoms with E-state index in [2.05, 4.69) is 11.8 Å². The van der Waals surface area contributed by atoms with Crippen molar-refractivity contribution in [1.82, 2.24) is 4.90 Å². The molecule has 1 fully saturated rings. The molecule has 0 bridgehead atoms. The zero-order valence-electron chi connectivity index (χ0n) is 12.2. The molecule has 0 heterocycles. The number of hydrogen-bond acceptors (Lipinski definition) is 4. The van der Waals surface area contributed by atoms with Crippen LogP contribution in [0.1, 0.15) is 32.6 Å². The van der Waals surface area contributed by atoms with Crippen LogP contribution in [0.5, 0.6) is 0 Å². The fourth-order valence-electron chi connectivity index (χ4n) is 2.93. The van der Waals surface area contributed by atoms with Crippen LogP contribution in [0.2, 0.25) is 0 Å². The maximum absolute atomic E-state index is 9.71. The number of aliphatic hydroxyl groups excluding tert-OH is 1. The molecule has 1 aliphatic rings. The number of ether oxygens (including phenoxy) is 2. The zero-order valence-corrected chi connectivity index (χ0v) is 12.2. The van der Waals surface area contributed by atoms with E-state index in [0.717, 1.165) is 39.1 Å². The second kappa shape index (κ2) is 8.10. The lowest BCUT2D eigenvalue weighted by molar-refractivity contribution is 0.0224. The molecule has 0 saturated heterocycles. The highest BCUT2D eigenvalue weighted by molar-refractivity contribution is 4.88. The third-order valence-corrected chi connectivity index (χ3v) is 4.15. The van der Waals surface area contributed by atoms with Crippen molar-refractivity contribution in [2.24, 2.45) is 5.41 Å². The highest BCUT2D eigenvalue weighted by Crippen LogP contribution is 2.38. The monoisotopic (exact) mass is 259 g/mol. The van der Waals surface area contributed by atoms with Crippen molar-refractivity contribution >= 4 is 0 Å². The van der Waals surface area contributed by atoms with Crippen molar-refractivity contribution in [3.63, 3.8) is 0 Å². The van der Waals surface area contributed by atoms with Gasteiger partial charge in [0.15, 0.2) is 0 Å². The van der Waals surface area contributed by atoms with Crippen molar-refractivity contribution < 1.29 is 14.6 Å². The van der Waals surface area contributed by atoms with Crippen LogP contribution < -0.4 is 0 Å². The molecule has 0 spiro atoms. The summed E-state index contributed by atoms with van der Waals surface area (Å²) in [7, 11) is 3.47. The molecule has 4 nitrogen and oxygen atoms in total. The van der Waals surface area contributed by atoms with Crippen molar-refractivity contribution in [3.05, 3.63) is 0 Å². The Labute approximate surface area is 111 Å². The van der Waals surface area contributed by atoms with Gasteiger partial charge in [-0.25, -0.2) is 0 Å². The molecule has 18 heavy (non-hydrogen) atoms. The molecule has 0 aromatic carbocycles. The summed E-state index contributed by atoms with van der Waals surface area (Å²) < 4.78 is 10.4. The molecule has 1 N–H and O–H groups in total. The van der Waals surface area contributed by atoms with Gasteiger partial charge < -0.3 is 14.6 Å². The molecule has 0 radical (unpaired) electrons. The van der Waals surface area contributed by atoms with Gasteiger partial charge >= 0.3 is 0 Å². The van der Waals surface area contributed by atoms with Crippen LogP contribution >= 0.6 is 0 Å². The summed E-state index contributed by atoms with van der Waals surface area (Å²) in [4.78, 5) is 2.40. The third-order valence-electron chi connectivity index (χ3n) is 4.15. The van der Waals surface area contributed by atoms with Gasteiger partial charge in [0.1, 0.15) is 0 Å². The molecule has 0 aliphatic heterocycles. The molecule has 0 aromatic heterocycles. The number of hydrogen-bond donors (Lipinski definition) is 1. The first-order valence-corrected chi connectivity index (χ1v) is 7.00. The van der Waals surface area contributed by atoms with Gasteiger partial charge in [-0.05, 0) is 19.8 Å². The average Bonchev–Trinajstić information content (AvgIpc) is 2.84. The van der Waals surface area contributed by atoms with E-state index in [0.29, 0.717) is 12.6 Å². The second-order valence-corrected chi connectivity index (χ2v) is 5.63. The van der Waals surface area contributed by atoms with E-state index >= 15 is 0 Å². The van der Waals surface area contributed by atoms with Gasteiger partial charge in [-0.1, -0.05) is 12.8 Å². The molecule has 1 rings (SSSR count). The predicted molar refractivity (Wildman–Crippen MR) is 72.8 cm³/mol. The minimum Gasteiger partial charge on any atom is -0.396 e. The van der Waals surface area contributed by atoms with E-state index in [4.69, 9.17) is 9.47 Å². The van der Waals surface area contributed by atoms with Crippen LogP contribution in [-0.4, -0.2) is 63.2 Å². The van der Waals surface area contributed by atoms with E-state index in [1.807, 2.05) is 0 Å². The van der Waals surface area contributed by atoms with Gasteiger partial charge in [0, 0.05) is 45.4 Å². The average molecular weight is 259 g/mol. The number of rotatable bonds is 9. The van der Waals surface area contributed by atoms with Crippen LogP contribution in [0.4, 0.5) is 0 Å². The summed E-state index contributed by atoms with van der Waals surface area (Å²) in [5, 5.41) is 9.71. The molecule has 0 amide bonds. The maximum atomic E-state index is 9.71. The van der Waals surface area contributed by atoms with Crippen LogP contribution in [0.25, 0.3) is 0 Å². The molecule has 1 unspecified atom stereocenters. The topological polar surface area (TPSA) is 41.9 Å². The minimum atomic E-state index is 0.107. The van der Waals surface area contributed by atoms with Gasteiger partial charge in [-0.2, -0.15) is 0 Å². The molecule has 1 saturated carbocycles. The van der Waals surface area contributed by atoms with Crippen molar-refractivity contribution in [2.75, 3.05) is 47.1 Å². The van der Waals surface area contributed by atoms with E-state index in [-0.39, 0.29) is 5.41 Å². The van der Waals surface area contributed by atoms with Gasteiger partial charge in [-0.15, -0.1) is 0 Å². The van der Waals surface area contributed by atoms with Crippen LogP contribution in [0, 0.1) is 5.41 Å². The molecule has 4 heteroatoms.